The third-order valence-electron chi connectivity index (χ3n) is 5.53. The molecule has 1 N–H and O–H groups in total. The van der Waals surface area contributed by atoms with Crippen LogP contribution in [-0.4, -0.2) is 55.8 Å². The van der Waals surface area contributed by atoms with Gasteiger partial charge >= 0.3 is 0 Å². The molecule has 2 aliphatic rings. The van der Waals surface area contributed by atoms with Crippen LogP contribution in [0.4, 0.5) is 4.39 Å². The second kappa shape index (κ2) is 9.03. The number of hydrogen-bond acceptors (Lipinski definition) is 4. The number of halogens is 3. The first-order chi connectivity index (χ1) is 14.8. The van der Waals surface area contributed by atoms with E-state index in [0.29, 0.717) is 18.7 Å². The lowest BCUT2D eigenvalue weighted by molar-refractivity contribution is -0.127. The molecule has 6 nitrogen and oxygen atoms in total. The van der Waals surface area contributed by atoms with Crippen LogP contribution in [0.5, 0.6) is 0 Å². The van der Waals surface area contributed by atoms with Gasteiger partial charge in [0.15, 0.2) is 0 Å². The molecular weight excluding hydrogens is 464 g/mol. The molecule has 1 aliphatic heterocycles. The Balaban J connectivity index is 1.52. The molecule has 31 heavy (non-hydrogen) atoms. The van der Waals surface area contributed by atoms with Crippen LogP contribution in [0.3, 0.4) is 0 Å². The Morgan fingerprint density at radius 3 is 2.29 bits per heavy atom. The number of hydrogen-bond donors (Lipinski definition) is 1. The molecule has 0 aromatic heterocycles. The molecule has 1 heterocycles. The summed E-state index contributed by atoms with van der Waals surface area (Å²) in [6, 6.07) is 9.94. The Morgan fingerprint density at radius 2 is 1.68 bits per heavy atom. The first-order valence-electron chi connectivity index (χ1n) is 10.0. The minimum atomic E-state index is -3.82. The Hall–Kier alpha value is -1.71. The van der Waals surface area contributed by atoms with E-state index in [1.807, 2.05) is 4.90 Å². The van der Waals surface area contributed by atoms with E-state index in [2.05, 4.69) is 5.32 Å². The highest BCUT2D eigenvalue weighted by Gasteiger charge is 2.37. The number of rotatable bonds is 6. The molecule has 4 rings (SSSR count). The van der Waals surface area contributed by atoms with Gasteiger partial charge in [0.1, 0.15) is 16.8 Å². The first-order valence-corrected chi connectivity index (χ1v) is 12.2. The van der Waals surface area contributed by atoms with Crippen molar-refractivity contribution in [1.29, 1.82) is 0 Å². The van der Waals surface area contributed by atoms with Crippen molar-refractivity contribution in [3.8, 4) is 0 Å². The van der Waals surface area contributed by atoms with Crippen LogP contribution < -0.4 is 5.32 Å². The zero-order valence-corrected chi connectivity index (χ0v) is 18.9. The van der Waals surface area contributed by atoms with Gasteiger partial charge in [0.2, 0.25) is 15.9 Å². The predicted molar refractivity (Wildman–Crippen MR) is 117 cm³/mol. The molecule has 1 atom stereocenters. The maximum absolute atomic E-state index is 13.4. The molecule has 2 aromatic rings. The van der Waals surface area contributed by atoms with Gasteiger partial charge in [-0.25, -0.2) is 12.8 Å². The number of carbonyl (C=O) groups is 1. The summed E-state index contributed by atoms with van der Waals surface area (Å²) in [5, 5.41) is 3.18. The van der Waals surface area contributed by atoms with E-state index < -0.39 is 16.1 Å². The van der Waals surface area contributed by atoms with Crippen molar-refractivity contribution in [2.75, 3.05) is 26.2 Å². The van der Waals surface area contributed by atoms with Crippen LogP contribution in [0.1, 0.15) is 24.4 Å². The molecule has 0 unspecified atom stereocenters. The van der Waals surface area contributed by atoms with Crippen molar-refractivity contribution in [3.05, 3.63) is 63.9 Å². The summed E-state index contributed by atoms with van der Waals surface area (Å²) < 4.78 is 40.9. The molecule has 1 amide bonds. The van der Waals surface area contributed by atoms with E-state index in [9.17, 15) is 17.6 Å². The van der Waals surface area contributed by atoms with Gasteiger partial charge in [0, 0.05) is 32.2 Å². The lowest BCUT2D eigenvalue weighted by Crippen LogP contribution is -2.52. The molecule has 1 aliphatic carbocycles. The zero-order chi connectivity index (χ0) is 22.2. The van der Waals surface area contributed by atoms with Gasteiger partial charge in [0.05, 0.1) is 10.0 Å². The van der Waals surface area contributed by atoms with E-state index in [-0.39, 0.29) is 45.8 Å². The normalized spacial score (nSPS) is 19.2. The van der Waals surface area contributed by atoms with Crippen molar-refractivity contribution in [2.45, 2.75) is 29.8 Å². The molecule has 0 bridgehead atoms. The van der Waals surface area contributed by atoms with E-state index >= 15 is 0 Å². The fourth-order valence-corrected chi connectivity index (χ4v) is 5.86. The van der Waals surface area contributed by atoms with Crippen LogP contribution >= 0.6 is 23.2 Å². The molecule has 10 heteroatoms. The van der Waals surface area contributed by atoms with Gasteiger partial charge in [-0.3, -0.25) is 9.69 Å². The van der Waals surface area contributed by atoms with Crippen molar-refractivity contribution in [2.24, 2.45) is 0 Å². The van der Waals surface area contributed by atoms with Crippen molar-refractivity contribution < 1.29 is 17.6 Å². The number of nitrogens with one attached hydrogen (secondary N) is 1. The zero-order valence-electron chi connectivity index (χ0n) is 16.6. The third kappa shape index (κ3) is 4.88. The van der Waals surface area contributed by atoms with Gasteiger partial charge in [-0.05, 0) is 42.7 Å². The minimum absolute atomic E-state index is 0.000374. The summed E-state index contributed by atoms with van der Waals surface area (Å²) in [6.07, 6.45) is 1.91. The fourth-order valence-electron chi connectivity index (χ4n) is 3.71. The first kappa shape index (κ1) is 22.5. The number of amides is 1. The average Bonchev–Trinajstić information content (AvgIpc) is 3.56. The molecule has 2 fully saturated rings. The summed E-state index contributed by atoms with van der Waals surface area (Å²) in [5.74, 6) is -0.525. The second-order valence-electron chi connectivity index (χ2n) is 7.73. The summed E-state index contributed by atoms with van der Waals surface area (Å²) in [4.78, 5) is 14.8. The monoisotopic (exact) mass is 485 g/mol. The maximum Gasteiger partial charge on any atom is 0.244 e. The Labute approximate surface area is 191 Å². The minimum Gasteiger partial charge on any atom is -0.352 e. The van der Waals surface area contributed by atoms with Gasteiger partial charge < -0.3 is 5.32 Å². The predicted octanol–water partition coefficient (Wildman–Crippen LogP) is 3.46. The maximum atomic E-state index is 13.4. The fraction of sp³-hybridized carbons (Fsp3) is 0.381. The molecule has 2 aromatic carbocycles. The smallest absolute Gasteiger partial charge is 0.244 e. The van der Waals surface area contributed by atoms with Gasteiger partial charge in [-0.1, -0.05) is 41.4 Å². The Morgan fingerprint density at radius 1 is 1.03 bits per heavy atom. The quantitative estimate of drug-likeness (QED) is 0.679. The van der Waals surface area contributed by atoms with Crippen LogP contribution in [0.25, 0.3) is 0 Å². The molecule has 1 saturated carbocycles. The standard InChI is InChI=1S/C21H22Cl2FN3O3S/c22-17-2-1-3-18(19(17)23)31(29,30)27-12-10-26(11-13-27)20(21(28)25-16-8-9-16)14-4-6-15(24)7-5-14/h1-7,16,20H,8-13H2,(H,25,28)/t20-/m0/s1. The van der Waals surface area contributed by atoms with E-state index in [0.717, 1.165) is 12.8 Å². The highest BCUT2D eigenvalue weighted by atomic mass is 35.5. The van der Waals surface area contributed by atoms with Gasteiger partial charge in [0.25, 0.3) is 0 Å². The van der Waals surface area contributed by atoms with Crippen LogP contribution in [0.15, 0.2) is 47.4 Å². The van der Waals surface area contributed by atoms with Crippen LogP contribution in [0.2, 0.25) is 10.0 Å². The van der Waals surface area contributed by atoms with E-state index in [4.69, 9.17) is 23.2 Å². The lowest BCUT2D eigenvalue weighted by atomic mass is 10.0. The molecule has 166 valence electrons. The third-order valence-corrected chi connectivity index (χ3v) is 8.40. The summed E-state index contributed by atoms with van der Waals surface area (Å²) in [6.45, 7) is 1.08. The lowest BCUT2D eigenvalue weighted by Gasteiger charge is -2.38. The van der Waals surface area contributed by atoms with Crippen LogP contribution in [-0.2, 0) is 14.8 Å². The Kier molecular flexibility index (Phi) is 6.55. The van der Waals surface area contributed by atoms with Gasteiger partial charge in [-0.2, -0.15) is 4.31 Å². The van der Waals surface area contributed by atoms with Crippen molar-refractivity contribution >= 4 is 39.1 Å². The summed E-state index contributed by atoms with van der Waals surface area (Å²) in [7, 11) is -3.82. The average molecular weight is 486 g/mol. The van der Waals surface area contributed by atoms with Crippen molar-refractivity contribution in [3.63, 3.8) is 0 Å². The SMILES string of the molecule is O=C(NC1CC1)[C@H](c1ccc(F)cc1)N1CCN(S(=O)(=O)c2cccc(Cl)c2Cl)CC1. The number of sulfonamides is 1. The number of carbonyl (C=O) groups excluding carboxylic acids is 1. The Bertz CT molecular complexity index is 1070. The highest BCUT2D eigenvalue weighted by molar-refractivity contribution is 7.89. The molecular formula is C21H22Cl2FN3O3S. The van der Waals surface area contributed by atoms with Crippen molar-refractivity contribution in [1.82, 2.24) is 14.5 Å². The number of piperazine rings is 1. The largest absolute Gasteiger partial charge is 0.352 e. The highest BCUT2D eigenvalue weighted by Crippen LogP contribution is 2.32. The molecule has 1 saturated heterocycles. The second-order valence-corrected chi connectivity index (χ2v) is 10.4. The topological polar surface area (TPSA) is 69.7 Å². The number of nitrogens with zero attached hydrogens (tertiary/aromatic N) is 2. The van der Waals surface area contributed by atoms with E-state index in [1.54, 1.807) is 18.2 Å². The molecule has 0 radical (unpaired) electrons. The number of benzene rings is 2. The summed E-state index contributed by atoms with van der Waals surface area (Å²) in [5.41, 5.74) is 0.675. The van der Waals surface area contributed by atoms with Crippen LogP contribution in [0, 0.1) is 5.82 Å². The summed E-state index contributed by atoms with van der Waals surface area (Å²) >= 11 is 12.1. The van der Waals surface area contributed by atoms with E-state index in [1.165, 1.54) is 28.6 Å². The molecule has 0 spiro atoms. The van der Waals surface area contributed by atoms with Gasteiger partial charge in [-0.15, -0.1) is 0 Å².